The number of nitrogens with one attached hydrogen (secondary N) is 1. The first kappa shape index (κ1) is 25.7. The lowest BCUT2D eigenvalue weighted by molar-refractivity contribution is -0.133. The van der Waals surface area contributed by atoms with E-state index in [0.29, 0.717) is 18.8 Å². The minimum Gasteiger partial charge on any atom is -0.493 e. The molecular weight excluding hydrogens is 448 g/mol. The van der Waals surface area contributed by atoms with E-state index in [1.165, 1.54) is 31.3 Å². The zero-order valence-corrected chi connectivity index (χ0v) is 19.8. The molecule has 9 heteroatoms. The van der Waals surface area contributed by atoms with Gasteiger partial charge in [0.2, 0.25) is 0 Å². The molecule has 2 amide bonds. The second-order valence-electron chi connectivity index (χ2n) is 7.13. The minimum absolute atomic E-state index is 0.0104. The van der Waals surface area contributed by atoms with Crippen LogP contribution in [-0.2, 0) is 9.53 Å². The smallest absolute Gasteiger partial charge is 0.340 e. The van der Waals surface area contributed by atoms with Gasteiger partial charge < -0.3 is 24.4 Å². The number of hydrogen-bond acceptors (Lipinski definition) is 6. The Hall–Kier alpha value is -3.52. The van der Waals surface area contributed by atoms with Crippen LogP contribution in [0.25, 0.3) is 0 Å². The van der Waals surface area contributed by atoms with E-state index in [0.717, 1.165) is 5.57 Å². The van der Waals surface area contributed by atoms with Crippen molar-refractivity contribution in [3.63, 3.8) is 0 Å². The highest BCUT2D eigenvalue weighted by Gasteiger charge is 2.22. The van der Waals surface area contributed by atoms with E-state index >= 15 is 0 Å². The zero-order valence-electron chi connectivity index (χ0n) is 19.1. The van der Waals surface area contributed by atoms with Gasteiger partial charge in [0.1, 0.15) is 0 Å². The van der Waals surface area contributed by atoms with E-state index in [-0.39, 0.29) is 33.5 Å². The second kappa shape index (κ2) is 11.9. The number of methoxy groups -OCH3 is 2. The van der Waals surface area contributed by atoms with Gasteiger partial charge in [-0.05, 0) is 26.0 Å². The number of halogens is 1. The molecule has 2 aromatic rings. The van der Waals surface area contributed by atoms with Crippen LogP contribution in [0.2, 0.25) is 5.02 Å². The Kier molecular flexibility index (Phi) is 9.30. The van der Waals surface area contributed by atoms with Crippen molar-refractivity contribution in [2.75, 3.05) is 39.2 Å². The van der Waals surface area contributed by atoms with Crippen LogP contribution in [0.4, 0.5) is 5.69 Å². The number of carbonyl (C=O) groups is 3. The summed E-state index contributed by atoms with van der Waals surface area (Å²) in [6, 6.07) is 9.31. The topological polar surface area (TPSA) is 94.2 Å². The normalized spacial score (nSPS) is 10.2. The molecule has 0 aromatic heterocycles. The van der Waals surface area contributed by atoms with Crippen LogP contribution < -0.4 is 14.8 Å². The van der Waals surface area contributed by atoms with Crippen molar-refractivity contribution >= 4 is 35.1 Å². The summed E-state index contributed by atoms with van der Waals surface area (Å²) in [7, 11) is 2.84. The molecule has 0 fully saturated rings. The molecule has 0 atom stereocenters. The van der Waals surface area contributed by atoms with Gasteiger partial charge in [0.25, 0.3) is 11.8 Å². The van der Waals surface area contributed by atoms with Crippen molar-refractivity contribution in [2.45, 2.75) is 13.8 Å². The number of anilines is 1. The SMILES string of the molecule is C=C(C)CN(CC)C(=O)COC(=O)c1cc(OC)c(OC)cc1NC(=O)c1ccccc1Cl. The molecule has 0 radical (unpaired) electrons. The van der Waals surface area contributed by atoms with Crippen LogP contribution >= 0.6 is 11.6 Å². The highest BCUT2D eigenvalue weighted by molar-refractivity contribution is 6.34. The maximum atomic E-state index is 12.9. The summed E-state index contributed by atoms with van der Waals surface area (Å²) in [6.45, 7) is 7.76. The van der Waals surface area contributed by atoms with Gasteiger partial charge in [-0.3, -0.25) is 9.59 Å². The number of nitrogens with zero attached hydrogens (tertiary/aromatic N) is 1. The van der Waals surface area contributed by atoms with Gasteiger partial charge >= 0.3 is 5.97 Å². The van der Waals surface area contributed by atoms with Crippen LogP contribution in [0.5, 0.6) is 11.5 Å². The van der Waals surface area contributed by atoms with E-state index in [1.54, 1.807) is 31.2 Å². The summed E-state index contributed by atoms with van der Waals surface area (Å²) in [4.78, 5) is 39.6. The predicted molar refractivity (Wildman–Crippen MR) is 126 cm³/mol. The van der Waals surface area contributed by atoms with Gasteiger partial charge in [0, 0.05) is 25.2 Å². The van der Waals surface area contributed by atoms with Gasteiger partial charge in [-0.1, -0.05) is 35.9 Å². The predicted octanol–water partition coefficient (Wildman–Crippen LogP) is 4.19. The van der Waals surface area contributed by atoms with E-state index in [1.807, 2.05) is 6.92 Å². The lowest BCUT2D eigenvalue weighted by Gasteiger charge is -2.21. The van der Waals surface area contributed by atoms with Gasteiger partial charge in [-0.15, -0.1) is 0 Å². The summed E-state index contributed by atoms with van der Waals surface area (Å²) < 4.78 is 15.8. The molecule has 176 valence electrons. The first-order chi connectivity index (χ1) is 15.7. The average Bonchev–Trinajstić information content (AvgIpc) is 2.80. The number of esters is 1. The molecule has 8 nitrogen and oxygen atoms in total. The van der Waals surface area contributed by atoms with E-state index in [9.17, 15) is 14.4 Å². The Bertz CT molecular complexity index is 1050. The van der Waals surface area contributed by atoms with Gasteiger partial charge in [0.05, 0.1) is 36.1 Å². The lowest BCUT2D eigenvalue weighted by atomic mass is 10.1. The molecule has 0 aliphatic carbocycles. The van der Waals surface area contributed by atoms with Crippen molar-refractivity contribution < 1.29 is 28.6 Å². The molecular formula is C24H27ClN2O6. The first-order valence-corrected chi connectivity index (χ1v) is 10.5. The second-order valence-corrected chi connectivity index (χ2v) is 7.54. The lowest BCUT2D eigenvalue weighted by Crippen LogP contribution is -2.35. The molecule has 1 N–H and O–H groups in total. The standard InChI is InChI=1S/C24H27ClN2O6/c1-6-27(13-15(2)3)22(28)14-33-24(30)17-11-20(31-4)21(32-5)12-19(17)26-23(29)16-9-7-8-10-18(16)25/h7-12H,2,6,13-14H2,1,3-5H3,(H,26,29). The molecule has 2 rings (SSSR count). The van der Waals surface area contributed by atoms with Gasteiger partial charge in [-0.25, -0.2) is 4.79 Å². The molecule has 0 saturated carbocycles. The number of amides is 2. The Morgan fingerprint density at radius 2 is 1.70 bits per heavy atom. The summed E-state index contributed by atoms with van der Waals surface area (Å²) in [5.74, 6) is -1.17. The minimum atomic E-state index is -0.815. The Morgan fingerprint density at radius 3 is 2.27 bits per heavy atom. The number of rotatable bonds is 10. The third-order valence-electron chi connectivity index (χ3n) is 4.63. The van der Waals surface area contributed by atoms with Crippen molar-refractivity contribution in [1.82, 2.24) is 4.90 Å². The van der Waals surface area contributed by atoms with E-state index < -0.39 is 18.5 Å². The molecule has 0 aliphatic heterocycles. The Balaban J connectivity index is 2.31. The third-order valence-corrected chi connectivity index (χ3v) is 4.96. The number of likely N-dealkylation sites (N-methyl/N-ethyl adjacent to an activating group) is 1. The van der Waals surface area contributed by atoms with Crippen LogP contribution in [-0.4, -0.2) is 56.6 Å². The number of ether oxygens (including phenoxy) is 3. The largest absolute Gasteiger partial charge is 0.493 e. The molecule has 2 aromatic carbocycles. The van der Waals surface area contributed by atoms with Crippen LogP contribution in [0.1, 0.15) is 34.6 Å². The average molecular weight is 475 g/mol. The molecule has 0 spiro atoms. The fraction of sp³-hybridized carbons (Fsp3) is 0.292. The van der Waals surface area contributed by atoms with Gasteiger partial charge in [-0.2, -0.15) is 0 Å². The van der Waals surface area contributed by atoms with E-state index in [4.69, 9.17) is 25.8 Å². The Morgan fingerprint density at radius 1 is 1.06 bits per heavy atom. The van der Waals surface area contributed by atoms with Crippen molar-refractivity contribution in [1.29, 1.82) is 0 Å². The number of hydrogen-bond donors (Lipinski definition) is 1. The summed E-state index contributed by atoms with van der Waals surface area (Å²) in [5.41, 5.74) is 1.14. The molecule has 0 bridgehead atoms. The van der Waals surface area contributed by atoms with Crippen molar-refractivity contribution in [3.8, 4) is 11.5 Å². The van der Waals surface area contributed by atoms with Gasteiger partial charge in [0.15, 0.2) is 18.1 Å². The van der Waals surface area contributed by atoms with Crippen LogP contribution in [0.3, 0.4) is 0 Å². The highest BCUT2D eigenvalue weighted by Crippen LogP contribution is 2.34. The summed E-state index contributed by atoms with van der Waals surface area (Å²) in [6.07, 6.45) is 0. The highest BCUT2D eigenvalue weighted by atomic mass is 35.5. The Labute approximate surface area is 198 Å². The molecule has 0 aliphatic rings. The number of benzene rings is 2. The molecule has 0 heterocycles. The molecule has 0 saturated heterocycles. The summed E-state index contributed by atoms with van der Waals surface area (Å²) in [5, 5.41) is 2.91. The van der Waals surface area contributed by atoms with Crippen molar-refractivity contribution in [2.24, 2.45) is 0 Å². The first-order valence-electron chi connectivity index (χ1n) is 10.1. The summed E-state index contributed by atoms with van der Waals surface area (Å²) >= 11 is 6.11. The third kappa shape index (κ3) is 6.73. The van der Waals surface area contributed by atoms with Crippen LogP contribution in [0, 0.1) is 0 Å². The quantitative estimate of drug-likeness (QED) is 0.410. The molecule has 33 heavy (non-hydrogen) atoms. The monoisotopic (exact) mass is 474 g/mol. The number of carbonyl (C=O) groups excluding carboxylic acids is 3. The fourth-order valence-corrected chi connectivity index (χ4v) is 3.21. The van der Waals surface area contributed by atoms with Crippen molar-refractivity contribution in [3.05, 3.63) is 64.7 Å². The maximum Gasteiger partial charge on any atom is 0.340 e. The zero-order chi connectivity index (χ0) is 24.5. The fourth-order valence-electron chi connectivity index (χ4n) is 2.98. The van der Waals surface area contributed by atoms with Crippen LogP contribution in [0.15, 0.2) is 48.6 Å². The van der Waals surface area contributed by atoms with E-state index in [2.05, 4.69) is 11.9 Å². The maximum absolute atomic E-state index is 12.9. The molecule has 0 unspecified atom stereocenters.